The molecule has 21 heavy (non-hydrogen) atoms. The fourth-order valence-electron chi connectivity index (χ4n) is 1.71. The Balaban J connectivity index is 1.62. The molecule has 106 valence electrons. The van der Waals surface area contributed by atoms with Crippen molar-refractivity contribution in [2.24, 2.45) is 0 Å². The molecule has 0 bridgehead atoms. The number of carbonyl (C=O) groups is 1. The van der Waals surface area contributed by atoms with Gasteiger partial charge in [-0.2, -0.15) is 0 Å². The summed E-state index contributed by atoms with van der Waals surface area (Å²) in [6, 6.07) is 14.6. The largest absolute Gasteiger partial charge is 0.426 e. The van der Waals surface area contributed by atoms with Gasteiger partial charge in [-0.05, 0) is 30.3 Å². The number of fused-ring (bicyclic) bond motifs is 1. The van der Waals surface area contributed by atoms with Crippen LogP contribution in [0.1, 0.15) is 0 Å². The number of esters is 1. The molecule has 1 heterocycles. The van der Waals surface area contributed by atoms with Gasteiger partial charge in [0, 0.05) is 5.02 Å². The molecule has 0 aliphatic carbocycles. The molecule has 1 aromatic heterocycles. The first-order valence-electron chi connectivity index (χ1n) is 6.15. The number of para-hydroxylation sites is 1. The van der Waals surface area contributed by atoms with Crippen LogP contribution in [-0.2, 0) is 4.79 Å². The highest BCUT2D eigenvalue weighted by Crippen LogP contribution is 2.31. The molecule has 0 radical (unpaired) electrons. The molecule has 0 saturated carbocycles. The van der Waals surface area contributed by atoms with Crippen LogP contribution in [0.5, 0.6) is 5.75 Å². The SMILES string of the molecule is O=C(CSc1nc2cc(Cl)ccc2s1)Oc1ccccc1. The average Bonchev–Trinajstić information content (AvgIpc) is 2.88. The summed E-state index contributed by atoms with van der Waals surface area (Å²) in [6.45, 7) is 0. The molecular formula is C15H10ClNO2S2. The molecule has 0 spiro atoms. The number of aromatic nitrogens is 1. The minimum absolute atomic E-state index is 0.225. The lowest BCUT2D eigenvalue weighted by Crippen LogP contribution is -2.10. The Morgan fingerprint density at radius 3 is 2.86 bits per heavy atom. The second kappa shape index (κ2) is 6.47. The number of carbonyl (C=O) groups excluding carboxylic acids is 1. The van der Waals surface area contributed by atoms with Crippen LogP contribution in [-0.4, -0.2) is 16.7 Å². The number of halogens is 1. The van der Waals surface area contributed by atoms with Gasteiger partial charge in [0.2, 0.25) is 0 Å². The maximum absolute atomic E-state index is 11.8. The quantitative estimate of drug-likeness (QED) is 0.395. The van der Waals surface area contributed by atoms with Crippen LogP contribution in [0.15, 0.2) is 52.9 Å². The Morgan fingerprint density at radius 2 is 2.05 bits per heavy atom. The van der Waals surface area contributed by atoms with Crippen LogP contribution < -0.4 is 4.74 Å². The standard InChI is InChI=1S/C15H10ClNO2S2/c16-10-6-7-13-12(8-10)17-15(21-13)20-9-14(18)19-11-4-2-1-3-5-11/h1-8H,9H2. The molecule has 0 unspecified atom stereocenters. The highest BCUT2D eigenvalue weighted by atomic mass is 35.5. The van der Waals surface area contributed by atoms with Gasteiger partial charge in [0.25, 0.3) is 0 Å². The summed E-state index contributed by atoms with van der Waals surface area (Å²) in [5.41, 5.74) is 0.853. The van der Waals surface area contributed by atoms with Crippen molar-refractivity contribution in [2.45, 2.75) is 4.34 Å². The van der Waals surface area contributed by atoms with E-state index in [1.54, 1.807) is 12.1 Å². The smallest absolute Gasteiger partial charge is 0.321 e. The van der Waals surface area contributed by atoms with Crippen molar-refractivity contribution < 1.29 is 9.53 Å². The maximum atomic E-state index is 11.8. The van der Waals surface area contributed by atoms with E-state index >= 15 is 0 Å². The van der Waals surface area contributed by atoms with E-state index in [0.29, 0.717) is 10.8 Å². The van der Waals surface area contributed by atoms with Crippen molar-refractivity contribution in [3.05, 3.63) is 53.6 Å². The van der Waals surface area contributed by atoms with Gasteiger partial charge in [-0.1, -0.05) is 41.6 Å². The van der Waals surface area contributed by atoms with Crippen molar-refractivity contribution in [3.8, 4) is 5.75 Å². The van der Waals surface area contributed by atoms with Gasteiger partial charge in [0.1, 0.15) is 5.75 Å². The lowest BCUT2D eigenvalue weighted by molar-refractivity contribution is -0.131. The predicted octanol–water partition coefficient (Wildman–Crippen LogP) is 4.65. The van der Waals surface area contributed by atoms with Crippen LogP contribution in [0.2, 0.25) is 5.02 Å². The fourth-order valence-corrected chi connectivity index (χ4v) is 3.70. The van der Waals surface area contributed by atoms with E-state index in [4.69, 9.17) is 16.3 Å². The lowest BCUT2D eigenvalue weighted by atomic mass is 10.3. The molecule has 0 aliphatic heterocycles. The Morgan fingerprint density at radius 1 is 1.24 bits per heavy atom. The summed E-state index contributed by atoms with van der Waals surface area (Å²) in [5.74, 6) is 0.491. The first-order chi connectivity index (χ1) is 10.2. The van der Waals surface area contributed by atoms with E-state index in [1.807, 2.05) is 36.4 Å². The molecule has 0 amide bonds. The molecule has 0 atom stereocenters. The van der Waals surface area contributed by atoms with Gasteiger partial charge in [0.05, 0.1) is 16.0 Å². The van der Waals surface area contributed by atoms with Gasteiger partial charge in [-0.3, -0.25) is 4.79 Å². The van der Waals surface area contributed by atoms with E-state index in [9.17, 15) is 4.79 Å². The molecule has 3 rings (SSSR count). The lowest BCUT2D eigenvalue weighted by Gasteiger charge is -2.02. The predicted molar refractivity (Wildman–Crippen MR) is 87.4 cm³/mol. The number of ether oxygens (including phenoxy) is 1. The number of thiazole rings is 1. The van der Waals surface area contributed by atoms with Crippen molar-refractivity contribution in [1.29, 1.82) is 0 Å². The van der Waals surface area contributed by atoms with Crippen LogP contribution in [0.25, 0.3) is 10.2 Å². The summed E-state index contributed by atoms with van der Waals surface area (Å²) < 4.78 is 7.11. The number of hydrogen-bond acceptors (Lipinski definition) is 5. The van der Waals surface area contributed by atoms with E-state index < -0.39 is 0 Å². The number of hydrogen-bond donors (Lipinski definition) is 0. The van der Waals surface area contributed by atoms with Crippen LogP contribution >= 0.6 is 34.7 Å². The molecule has 0 fully saturated rings. The number of rotatable bonds is 4. The molecule has 0 saturated heterocycles. The highest BCUT2D eigenvalue weighted by molar-refractivity contribution is 8.01. The van der Waals surface area contributed by atoms with Crippen molar-refractivity contribution in [1.82, 2.24) is 4.98 Å². The zero-order valence-electron chi connectivity index (χ0n) is 10.8. The minimum Gasteiger partial charge on any atom is -0.426 e. The Bertz CT molecular complexity index is 774. The third-order valence-electron chi connectivity index (χ3n) is 2.62. The monoisotopic (exact) mass is 335 g/mol. The molecule has 2 aromatic carbocycles. The first kappa shape index (κ1) is 14.4. The molecule has 3 aromatic rings. The van der Waals surface area contributed by atoms with E-state index in [2.05, 4.69) is 4.98 Å². The first-order valence-corrected chi connectivity index (χ1v) is 8.33. The fraction of sp³-hybridized carbons (Fsp3) is 0.0667. The zero-order valence-corrected chi connectivity index (χ0v) is 13.2. The van der Waals surface area contributed by atoms with Crippen molar-refractivity contribution in [3.63, 3.8) is 0 Å². The summed E-state index contributed by atoms with van der Waals surface area (Å²) in [7, 11) is 0. The third kappa shape index (κ3) is 3.75. The molecule has 6 heteroatoms. The van der Waals surface area contributed by atoms with Crippen LogP contribution in [0.4, 0.5) is 0 Å². The van der Waals surface area contributed by atoms with Gasteiger partial charge in [0.15, 0.2) is 4.34 Å². The summed E-state index contributed by atoms with van der Waals surface area (Å²) in [4.78, 5) is 16.2. The van der Waals surface area contributed by atoms with Crippen molar-refractivity contribution >= 4 is 50.9 Å². The van der Waals surface area contributed by atoms with Gasteiger partial charge < -0.3 is 4.74 Å². The van der Waals surface area contributed by atoms with Gasteiger partial charge in [-0.15, -0.1) is 11.3 Å². The normalized spacial score (nSPS) is 10.7. The van der Waals surface area contributed by atoms with Gasteiger partial charge in [-0.25, -0.2) is 4.98 Å². The topological polar surface area (TPSA) is 39.2 Å². The Hall–Kier alpha value is -1.56. The van der Waals surface area contributed by atoms with E-state index in [1.165, 1.54) is 23.1 Å². The summed E-state index contributed by atoms with van der Waals surface area (Å²) in [5, 5.41) is 0.660. The number of nitrogens with zero attached hydrogens (tertiary/aromatic N) is 1. The summed E-state index contributed by atoms with van der Waals surface area (Å²) >= 11 is 8.84. The van der Waals surface area contributed by atoms with Gasteiger partial charge >= 0.3 is 5.97 Å². The average molecular weight is 336 g/mol. The molecular weight excluding hydrogens is 326 g/mol. The highest BCUT2D eigenvalue weighted by Gasteiger charge is 2.09. The summed E-state index contributed by atoms with van der Waals surface area (Å²) in [6.07, 6.45) is 0. The molecule has 0 aliphatic rings. The number of benzene rings is 2. The second-order valence-corrected chi connectivity index (χ2v) is 6.86. The number of thioether (sulfide) groups is 1. The zero-order chi connectivity index (χ0) is 14.7. The Kier molecular flexibility index (Phi) is 4.43. The van der Waals surface area contributed by atoms with Crippen LogP contribution in [0.3, 0.4) is 0 Å². The maximum Gasteiger partial charge on any atom is 0.321 e. The molecule has 0 N–H and O–H groups in total. The van der Waals surface area contributed by atoms with E-state index in [-0.39, 0.29) is 11.7 Å². The van der Waals surface area contributed by atoms with E-state index in [0.717, 1.165) is 14.6 Å². The second-order valence-electron chi connectivity index (χ2n) is 4.17. The van der Waals surface area contributed by atoms with Crippen LogP contribution in [0, 0.1) is 0 Å². The van der Waals surface area contributed by atoms with Crippen molar-refractivity contribution in [2.75, 3.05) is 5.75 Å². The molecule has 3 nitrogen and oxygen atoms in total. The Labute approximate surface area is 134 Å². The minimum atomic E-state index is -0.288. The third-order valence-corrected chi connectivity index (χ3v) is 5.01.